The number of fused-ring (bicyclic) bond motifs is 1. The Labute approximate surface area is 165 Å². The molecule has 1 amide bonds. The number of aliphatic hydroxyl groups excluding tert-OH is 1. The highest BCUT2D eigenvalue weighted by Crippen LogP contribution is 2.39. The molecular weight excluding hydrogens is 390 g/mol. The van der Waals surface area contributed by atoms with Crippen LogP contribution in [0, 0.1) is 11.6 Å². The summed E-state index contributed by atoms with van der Waals surface area (Å²) < 4.78 is 53.9. The van der Waals surface area contributed by atoms with Crippen molar-refractivity contribution in [2.45, 2.75) is 38.0 Å². The maximum Gasteiger partial charge on any atom is 0.255 e. The normalized spacial score (nSPS) is 18.6. The minimum Gasteiger partial charge on any atom is -0.387 e. The number of aromatic nitrogens is 2. The molecule has 2 atom stereocenters. The van der Waals surface area contributed by atoms with Crippen LogP contribution in [0.15, 0.2) is 24.3 Å². The van der Waals surface area contributed by atoms with Crippen molar-refractivity contribution in [1.82, 2.24) is 15.1 Å². The Morgan fingerprint density at radius 3 is 2.55 bits per heavy atom. The smallest absolute Gasteiger partial charge is 0.255 e. The van der Waals surface area contributed by atoms with Crippen LogP contribution in [0.5, 0.6) is 0 Å². The maximum absolute atomic E-state index is 14.1. The van der Waals surface area contributed by atoms with Crippen LogP contribution in [-0.4, -0.2) is 52.2 Å². The number of halogens is 4. The van der Waals surface area contributed by atoms with Gasteiger partial charge in [-0.05, 0) is 42.5 Å². The van der Waals surface area contributed by atoms with Gasteiger partial charge in [-0.25, -0.2) is 17.6 Å². The van der Waals surface area contributed by atoms with Gasteiger partial charge in [-0.15, -0.1) is 0 Å². The average molecular weight is 411 g/mol. The van der Waals surface area contributed by atoms with Crippen molar-refractivity contribution in [3.8, 4) is 11.3 Å². The van der Waals surface area contributed by atoms with Crippen molar-refractivity contribution in [3.05, 3.63) is 47.2 Å². The highest BCUT2D eigenvalue weighted by Gasteiger charge is 2.31. The Morgan fingerprint density at radius 2 is 1.93 bits per heavy atom. The minimum absolute atomic E-state index is 0.0300. The van der Waals surface area contributed by atoms with Crippen molar-refractivity contribution >= 4 is 5.91 Å². The standard InChI is InChI=1S/C20H21F4N3O2/c1-11-5-6-12(8-27(9-17(23)24)18(29)10-28)20-13(11)7-16(25-26-20)19-14(21)3-2-4-15(19)22/h2-4,7,11-12,17,28H,5-6,8-10H2,1H3. The molecule has 1 heterocycles. The Kier molecular flexibility index (Phi) is 6.46. The summed E-state index contributed by atoms with van der Waals surface area (Å²) in [6.07, 6.45) is -1.45. The Bertz CT molecular complexity index is 874. The number of alkyl halides is 2. The van der Waals surface area contributed by atoms with E-state index in [9.17, 15) is 22.4 Å². The zero-order valence-corrected chi connectivity index (χ0v) is 15.8. The lowest BCUT2D eigenvalue weighted by Crippen LogP contribution is -2.40. The van der Waals surface area contributed by atoms with E-state index < -0.39 is 37.1 Å². The van der Waals surface area contributed by atoms with Gasteiger partial charge in [0.1, 0.15) is 18.2 Å². The highest BCUT2D eigenvalue weighted by molar-refractivity contribution is 5.77. The molecule has 1 aromatic heterocycles. The first-order valence-corrected chi connectivity index (χ1v) is 9.30. The lowest BCUT2D eigenvalue weighted by Gasteiger charge is -2.32. The molecule has 5 nitrogen and oxygen atoms in total. The summed E-state index contributed by atoms with van der Waals surface area (Å²) in [5.41, 5.74) is 1.03. The second-order valence-electron chi connectivity index (χ2n) is 7.19. The van der Waals surface area contributed by atoms with E-state index >= 15 is 0 Å². The topological polar surface area (TPSA) is 66.3 Å². The molecule has 0 saturated heterocycles. The van der Waals surface area contributed by atoms with Gasteiger partial charge in [-0.1, -0.05) is 13.0 Å². The van der Waals surface area contributed by atoms with Gasteiger partial charge in [0.05, 0.1) is 23.5 Å². The summed E-state index contributed by atoms with van der Waals surface area (Å²) in [6, 6.07) is 5.10. The Balaban J connectivity index is 1.95. The predicted molar refractivity (Wildman–Crippen MR) is 97.4 cm³/mol. The highest BCUT2D eigenvalue weighted by atomic mass is 19.3. The van der Waals surface area contributed by atoms with Gasteiger partial charge < -0.3 is 10.0 Å². The van der Waals surface area contributed by atoms with Crippen LogP contribution in [-0.2, 0) is 4.79 Å². The van der Waals surface area contributed by atoms with E-state index in [2.05, 4.69) is 10.2 Å². The predicted octanol–water partition coefficient (Wildman–Crippen LogP) is 3.49. The third kappa shape index (κ3) is 4.55. The molecule has 0 fully saturated rings. The lowest BCUT2D eigenvalue weighted by atomic mass is 9.80. The fourth-order valence-corrected chi connectivity index (χ4v) is 3.72. The van der Waals surface area contributed by atoms with E-state index in [1.807, 2.05) is 6.92 Å². The molecule has 0 bridgehead atoms. The van der Waals surface area contributed by atoms with Crippen molar-refractivity contribution in [2.75, 3.05) is 19.7 Å². The largest absolute Gasteiger partial charge is 0.387 e. The molecule has 2 unspecified atom stereocenters. The van der Waals surface area contributed by atoms with E-state index in [1.54, 1.807) is 6.07 Å². The van der Waals surface area contributed by atoms with Gasteiger partial charge >= 0.3 is 0 Å². The van der Waals surface area contributed by atoms with Gasteiger partial charge in [-0.2, -0.15) is 10.2 Å². The molecule has 156 valence electrons. The fourth-order valence-electron chi connectivity index (χ4n) is 3.72. The van der Waals surface area contributed by atoms with E-state index in [4.69, 9.17) is 5.11 Å². The Hall–Kier alpha value is -2.55. The SMILES string of the molecule is CC1CCC(CN(CC(F)F)C(=O)CO)c2nnc(-c3c(F)cccc3F)cc21. The number of benzene rings is 1. The summed E-state index contributed by atoms with van der Waals surface area (Å²) in [7, 11) is 0. The maximum atomic E-state index is 14.1. The summed E-state index contributed by atoms with van der Waals surface area (Å²) in [4.78, 5) is 12.8. The van der Waals surface area contributed by atoms with Crippen LogP contribution in [0.3, 0.4) is 0 Å². The second-order valence-corrected chi connectivity index (χ2v) is 7.19. The molecule has 2 aromatic rings. The Morgan fingerprint density at radius 1 is 1.24 bits per heavy atom. The molecule has 0 spiro atoms. The quantitative estimate of drug-likeness (QED) is 0.739. The number of carbonyl (C=O) groups excluding carboxylic acids is 1. The zero-order valence-electron chi connectivity index (χ0n) is 15.8. The third-order valence-corrected chi connectivity index (χ3v) is 5.23. The molecule has 0 aliphatic heterocycles. The first-order chi connectivity index (χ1) is 13.8. The number of rotatable bonds is 6. The number of amides is 1. The molecule has 3 rings (SSSR count). The van der Waals surface area contributed by atoms with Gasteiger partial charge in [0, 0.05) is 12.5 Å². The molecule has 0 saturated carbocycles. The van der Waals surface area contributed by atoms with E-state index in [0.29, 0.717) is 18.5 Å². The molecule has 1 aliphatic carbocycles. The van der Waals surface area contributed by atoms with E-state index in [1.165, 1.54) is 6.07 Å². The molecule has 1 aromatic carbocycles. The van der Waals surface area contributed by atoms with Crippen molar-refractivity contribution in [3.63, 3.8) is 0 Å². The number of nitrogens with zero attached hydrogens (tertiary/aromatic N) is 3. The first kappa shape index (κ1) is 21.2. The summed E-state index contributed by atoms with van der Waals surface area (Å²) in [5.74, 6) is -2.62. The van der Waals surface area contributed by atoms with Crippen molar-refractivity contribution < 1.29 is 27.5 Å². The fraction of sp³-hybridized carbons (Fsp3) is 0.450. The molecule has 29 heavy (non-hydrogen) atoms. The first-order valence-electron chi connectivity index (χ1n) is 9.30. The second kappa shape index (κ2) is 8.86. The van der Waals surface area contributed by atoms with Crippen LogP contribution < -0.4 is 0 Å². The molecule has 1 N–H and O–H groups in total. The molecule has 0 radical (unpaired) electrons. The molecule has 1 aliphatic rings. The van der Waals surface area contributed by atoms with Gasteiger partial charge in [0.2, 0.25) is 5.91 Å². The monoisotopic (exact) mass is 411 g/mol. The zero-order chi connectivity index (χ0) is 21.1. The summed E-state index contributed by atoms with van der Waals surface area (Å²) >= 11 is 0. The third-order valence-electron chi connectivity index (χ3n) is 5.23. The lowest BCUT2D eigenvalue weighted by molar-refractivity contribution is -0.136. The van der Waals surface area contributed by atoms with Crippen LogP contribution in [0.2, 0.25) is 0 Å². The van der Waals surface area contributed by atoms with Crippen molar-refractivity contribution in [2.24, 2.45) is 0 Å². The number of hydrogen-bond donors (Lipinski definition) is 1. The molecule has 9 heteroatoms. The number of hydrogen-bond acceptors (Lipinski definition) is 4. The van der Waals surface area contributed by atoms with Gasteiger partial charge in [0.15, 0.2) is 0 Å². The number of aliphatic hydroxyl groups is 1. The van der Waals surface area contributed by atoms with Crippen LogP contribution in [0.1, 0.15) is 42.9 Å². The minimum atomic E-state index is -2.73. The summed E-state index contributed by atoms with van der Waals surface area (Å²) in [5, 5.41) is 17.2. The van der Waals surface area contributed by atoms with Crippen LogP contribution in [0.25, 0.3) is 11.3 Å². The van der Waals surface area contributed by atoms with Crippen molar-refractivity contribution in [1.29, 1.82) is 0 Å². The van der Waals surface area contributed by atoms with E-state index in [-0.39, 0.29) is 29.6 Å². The van der Waals surface area contributed by atoms with Crippen LogP contribution in [0.4, 0.5) is 17.6 Å². The average Bonchev–Trinajstić information content (AvgIpc) is 2.68. The molecular formula is C20H21F4N3O2. The van der Waals surface area contributed by atoms with Gasteiger partial charge in [0.25, 0.3) is 6.43 Å². The number of carbonyl (C=O) groups is 1. The summed E-state index contributed by atoms with van der Waals surface area (Å²) in [6.45, 7) is 0.256. The van der Waals surface area contributed by atoms with E-state index in [0.717, 1.165) is 22.6 Å². The van der Waals surface area contributed by atoms with Gasteiger partial charge in [-0.3, -0.25) is 4.79 Å². The van der Waals surface area contributed by atoms with Crippen LogP contribution >= 0.6 is 0 Å².